The molecule has 0 saturated carbocycles. The molecule has 1 unspecified atom stereocenters. The lowest BCUT2D eigenvalue weighted by atomic mass is 9.96. The molecular formula is C17H32O5. The van der Waals surface area contributed by atoms with Gasteiger partial charge in [0.25, 0.3) is 0 Å². The van der Waals surface area contributed by atoms with Crippen LogP contribution in [0.5, 0.6) is 0 Å². The van der Waals surface area contributed by atoms with Gasteiger partial charge >= 0.3 is 11.9 Å². The van der Waals surface area contributed by atoms with Crippen LogP contribution < -0.4 is 0 Å². The first kappa shape index (κ1) is 20.9. The van der Waals surface area contributed by atoms with Crippen molar-refractivity contribution in [2.24, 2.45) is 5.92 Å². The van der Waals surface area contributed by atoms with Crippen molar-refractivity contribution in [2.75, 3.05) is 6.61 Å². The summed E-state index contributed by atoms with van der Waals surface area (Å²) in [6.45, 7) is 0.0657. The summed E-state index contributed by atoms with van der Waals surface area (Å²) in [7, 11) is 0. The van der Waals surface area contributed by atoms with Gasteiger partial charge in [-0.3, -0.25) is 9.59 Å². The Morgan fingerprint density at radius 3 is 1.59 bits per heavy atom. The summed E-state index contributed by atoms with van der Waals surface area (Å²) >= 11 is 0. The number of hydrogen-bond donors (Lipinski definition) is 3. The molecule has 0 heterocycles. The van der Waals surface area contributed by atoms with Crippen LogP contribution in [0.2, 0.25) is 0 Å². The van der Waals surface area contributed by atoms with E-state index in [0.717, 1.165) is 44.9 Å². The lowest BCUT2D eigenvalue weighted by molar-refractivity contribution is -0.142. The molecule has 0 radical (unpaired) electrons. The second-order valence-electron chi connectivity index (χ2n) is 6.02. The SMILES string of the molecule is O=C(O)CCCCCCCCCCCC(CCCO)C(=O)O. The molecule has 0 saturated heterocycles. The van der Waals surface area contributed by atoms with E-state index in [4.69, 9.17) is 15.3 Å². The average Bonchev–Trinajstić information content (AvgIpc) is 2.47. The number of rotatable bonds is 16. The minimum absolute atomic E-state index is 0.0657. The Bertz CT molecular complexity index is 291. The zero-order valence-electron chi connectivity index (χ0n) is 13.6. The van der Waals surface area contributed by atoms with Gasteiger partial charge in [0.1, 0.15) is 0 Å². The number of aliphatic carboxylic acids is 2. The van der Waals surface area contributed by atoms with Crippen LogP contribution in [0.4, 0.5) is 0 Å². The Morgan fingerprint density at radius 2 is 1.14 bits per heavy atom. The van der Waals surface area contributed by atoms with Crippen molar-refractivity contribution < 1.29 is 24.9 Å². The van der Waals surface area contributed by atoms with E-state index in [9.17, 15) is 9.59 Å². The van der Waals surface area contributed by atoms with Crippen molar-refractivity contribution in [3.05, 3.63) is 0 Å². The first-order valence-corrected chi connectivity index (χ1v) is 8.63. The van der Waals surface area contributed by atoms with Crippen molar-refractivity contribution in [3.63, 3.8) is 0 Å². The molecule has 0 aromatic heterocycles. The second-order valence-corrected chi connectivity index (χ2v) is 6.02. The van der Waals surface area contributed by atoms with Crippen LogP contribution in [-0.4, -0.2) is 33.9 Å². The smallest absolute Gasteiger partial charge is 0.306 e. The largest absolute Gasteiger partial charge is 0.481 e. The monoisotopic (exact) mass is 316 g/mol. The fraction of sp³-hybridized carbons (Fsp3) is 0.882. The molecule has 3 N–H and O–H groups in total. The number of unbranched alkanes of at least 4 members (excludes halogenated alkanes) is 8. The van der Waals surface area contributed by atoms with E-state index in [1.807, 2.05) is 0 Å². The van der Waals surface area contributed by atoms with Gasteiger partial charge in [0.15, 0.2) is 0 Å². The predicted molar refractivity (Wildman–Crippen MR) is 85.9 cm³/mol. The standard InChI is InChI=1S/C17H32O5/c18-14-10-12-15(17(21)22)11-8-6-4-2-1-3-5-7-9-13-16(19)20/h15,18H,1-14H2,(H,19,20)(H,21,22). The van der Waals surface area contributed by atoms with Crippen LogP contribution >= 0.6 is 0 Å². The molecule has 0 rings (SSSR count). The zero-order valence-corrected chi connectivity index (χ0v) is 13.6. The number of carboxylic acid groups (broad SMARTS) is 2. The maximum absolute atomic E-state index is 11.0. The highest BCUT2D eigenvalue weighted by atomic mass is 16.4. The summed E-state index contributed by atoms with van der Waals surface area (Å²) in [5.41, 5.74) is 0. The summed E-state index contributed by atoms with van der Waals surface area (Å²) in [6, 6.07) is 0. The fourth-order valence-corrected chi connectivity index (χ4v) is 2.63. The topological polar surface area (TPSA) is 94.8 Å². The van der Waals surface area contributed by atoms with Gasteiger partial charge in [-0.1, -0.05) is 51.4 Å². The number of aliphatic hydroxyl groups is 1. The highest BCUT2D eigenvalue weighted by molar-refractivity contribution is 5.69. The van der Waals surface area contributed by atoms with Crippen molar-refractivity contribution in [3.8, 4) is 0 Å². The van der Waals surface area contributed by atoms with Crippen LogP contribution in [0.15, 0.2) is 0 Å². The lowest BCUT2D eigenvalue weighted by Gasteiger charge is -2.11. The van der Waals surface area contributed by atoms with Gasteiger partial charge in [-0.2, -0.15) is 0 Å². The summed E-state index contributed by atoms with van der Waals surface area (Å²) < 4.78 is 0. The molecule has 0 amide bonds. The van der Waals surface area contributed by atoms with Gasteiger partial charge < -0.3 is 15.3 Å². The van der Waals surface area contributed by atoms with Crippen LogP contribution in [-0.2, 0) is 9.59 Å². The van der Waals surface area contributed by atoms with E-state index >= 15 is 0 Å². The Kier molecular flexibility index (Phi) is 14.1. The van der Waals surface area contributed by atoms with Gasteiger partial charge in [-0.15, -0.1) is 0 Å². The highest BCUT2D eigenvalue weighted by Crippen LogP contribution is 2.17. The predicted octanol–water partition coefficient (Wildman–Crippen LogP) is 3.84. The number of carbonyl (C=O) groups is 2. The summed E-state index contributed by atoms with van der Waals surface area (Å²) in [4.78, 5) is 21.4. The van der Waals surface area contributed by atoms with Crippen molar-refractivity contribution in [1.82, 2.24) is 0 Å². The molecule has 0 aromatic rings. The molecule has 5 nitrogen and oxygen atoms in total. The van der Waals surface area contributed by atoms with Gasteiger partial charge in [-0.25, -0.2) is 0 Å². The van der Waals surface area contributed by atoms with Crippen molar-refractivity contribution in [2.45, 2.75) is 83.5 Å². The molecule has 0 spiro atoms. The third-order valence-electron chi connectivity index (χ3n) is 4.00. The summed E-state index contributed by atoms with van der Waals surface area (Å²) in [6.07, 6.45) is 11.7. The average molecular weight is 316 g/mol. The molecule has 0 bridgehead atoms. The Balaban J connectivity index is 3.34. The van der Waals surface area contributed by atoms with Crippen LogP contribution in [0, 0.1) is 5.92 Å². The molecule has 130 valence electrons. The molecule has 0 aliphatic rings. The Morgan fingerprint density at radius 1 is 0.682 bits per heavy atom. The van der Waals surface area contributed by atoms with Crippen molar-refractivity contribution in [1.29, 1.82) is 0 Å². The van der Waals surface area contributed by atoms with Gasteiger partial charge in [0, 0.05) is 13.0 Å². The Labute approximate surface area is 133 Å². The molecular weight excluding hydrogens is 284 g/mol. The van der Waals surface area contributed by atoms with E-state index in [-0.39, 0.29) is 18.9 Å². The highest BCUT2D eigenvalue weighted by Gasteiger charge is 2.15. The van der Waals surface area contributed by atoms with E-state index in [0.29, 0.717) is 19.3 Å². The molecule has 0 aromatic carbocycles. The first-order chi connectivity index (χ1) is 10.6. The summed E-state index contributed by atoms with van der Waals surface area (Å²) in [5.74, 6) is -1.75. The zero-order chi connectivity index (χ0) is 16.6. The van der Waals surface area contributed by atoms with E-state index in [1.54, 1.807) is 0 Å². The maximum atomic E-state index is 11.0. The van der Waals surface area contributed by atoms with Crippen LogP contribution in [0.25, 0.3) is 0 Å². The number of aliphatic hydroxyl groups excluding tert-OH is 1. The lowest BCUT2D eigenvalue weighted by Crippen LogP contribution is -2.14. The minimum atomic E-state index is -0.741. The Hall–Kier alpha value is -1.10. The second kappa shape index (κ2) is 14.8. The molecule has 0 fully saturated rings. The first-order valence-electron chi connectivity index (χ1n) is 8.63. The number of hydrogen-bond acceptors (Lipinski definition) is 3. The summed E-state index contributed by atoms with van der Waals surface area (Å²) in [5, 5.41) is 26.3. The fourth-order valence-electron chi connectivity index (χ4n) is 2.63. The van der Waals surface area contributed by atoms with Gasteiger partial charge in [0.05, 0.1) is 5.92 Å². The molecule has 0 aliphatic carbocycles. The molecule has 5 heteroatoms. The van der Waals surface area contributed by atoms with E-state index in [2.05, 4.69) is 0 Å². The molecule has 1 atom stereocenters. The van der Waals surface area contributed by atoms with E-state index in [1.165, 1.54) is 12.8 Å². The third kappa shape index (κ3) is 13.9. The van der Waals surface area contributed by atoms with Crippen molar-refractivity contribution >= 4 is 11.9 Å². The van der Waals surface area contributed by atoms with Gasteiger partial charge in [-0.05, 0) is 25.7 Å². The van der Waals surface area contributed by atoms with Crippen LogP contribution in [0.3, 0.4) is 0 Å². The minimum Gasteiger partial charge on any atom is -0.481 e. The quantitative estimate of drug-likeness (QED) is 0.376. The normalized spacial score (nSPS) is 12.2. The molecule has 22 heavy (non-hydrogen) atoms. The van der Waals surface area contributed by atoms with Gasteiger partial charge in [0.2, 0.25) is 0 Å². The number of carboxylic acids is 2. The van der Waals surface area contributed by atoms with Crippen LogP contribution in [0.1, 0.15) is 83.5 Å². The third-order valence-corrected chi connectivity index (χ3v) is 4.00. The maximum Gasteiger partial charge on any atom is 0.306 e. The molecule has 0 aliphatic heterocycles. The van der Waals surface area contributed by atoms with E-state index < -0.39 is 11.9 Å².